The summed E-state index contributed by atoms with van der Waals surface area (Å²) in [7, 11) is 4.29. The second-order valence-corrected chi connectivity index (χ2v) is 5.46. The molecule has 0 saturated carbocycles. The van der Waals surface area contributed by atoms with Crippen LogP contribution in [0.15, 0.2) is 18.2 Å². The summed E-state index contributed by atoms with van der Waals surface area (Å²) in [5.74, 6) is 0.756. The van der Waals surface area contributed by atoms with Gasteiger partial charge in [-0.1, -0.05) is 37.6 Å². The van der Waals surface area contributed by atoms with Crippen LogP contribution in [0.1, 0.15) is 49.3 Å². The Kier molecular flexibility index (Phi) is 7.11. The third kappa shape index (κ3) is 4.96. The second-order valence-electron chi connectivity index (χ2n) is 5.46. The molecule has 1 heterocycles. The Labute approximate surface area is 119 Å². The lowest BCUT2D eigenvalue weighted by Crippen LogP contribution is -2.27. The normalized spacial score (nSPS) is 16.1. The van der Waals surface area contributed by atoms with Gasteiger partial charge in [0.2, 0.25) is 0 Å². The Bertz CT molecular complexity index is 366. The highest BCUT2D eigenvalue weighted by molar-refractivity contribution is 5.34. The fourth-order valence-electron chi connectivity index (χ4n) is 2.74. The molecule has 1 N–H and O–H groups in total. The molecule has 0 aromatic heterocycles. The van der Waals surface area contributed by atoms with E-state index in [1.54, 1.807) is 5.56 Å². The average Bonchev–Trinajstić information content (AvgIpc) is 2.41. The SMILES string of the molecule is CC.Cc1ccc(C2CCNCC2)c(CN(C)C)c1. The van der Waals surface area contributed by atoms with E-state index >= 15 is 0 Å². The number of hydrogen-bond acceptors (Lipinski definition) is 2. The standard InChI is InChI=1S/C15H24N2.C2H6/c1-12-4-5-15(13-6-8-16-9-7-13)14(10-12)11-17(2)3;1-2/h4-5,10,13,16H,6-9,11H2,1-3H3;1-2H3. The van der Waals surface area contributed by atoms with Gasteiger partial charge in [0, 0.05) is 6.54 Å². The van der Waals surface area contributed by atoms with Crippen LogP contribution in [0.3, 0.4) is 0 Å². The molecule has 1 aromatic carbocycles. The van der Waals surface area contributed by atoms with Crippen molar-refractivity contribution in [3.63, 3.8) is 0 Å². The van der Waals surface area contributed by atoms with Crippen molar-refractivity contribution in [1.29, 1.82) is 0 Å². The van der Waals surface area contributed by atoms with Crippen molar-refractivity contribution in [3.05, 3.63) is 34.9 Å². The van der Waals surface area contributed by atoms with Crippen LogP contribution < -0.4 is 5.32 Å². The van der Waals surface area contributed by atoms with E-state index in [1.165, 1.54) is 37.1 Å². The summed E-state index contributed by atoms with van der Waals surface area (Å²) >= 11 is 0. The lowest BCUT2D eigenvalue weighted by molar-refractivity contribution is 0.394. The number of piperidine rings is 1. The van der Waals surface area contributed by atoms with Gasteiger partial charge in [0.25, 0.3) is 0 Å². The van der Waals surface area contributed by atoms with Gasteiger partial charge in [-0.05, 0) is 64.0 Å². The molecule has 2 nitrogen and oxygen atoms in total. The summed E-state index contributed by atoms with van der Waals surface area (Å²) < 4.78 is 0. The second kappa shape index (κ2) is 8.34. The first-order chi connectivity index (χ1) is 9.16. The maximum absolute atomic E-state index is 3.45. The monoisotopic (exact) mass is 262 g/mol. The molecule has 0 radical (unpaired) electrons. The van der Waals surface area contributed by atoms with E-state index in [0.29, 0.717) is 0 Å². The number of benzene rings is 1. The smallest absolute Gasteiger partial charge is 0.0230 e. The maximum Gasteiger partial charge on any atom is 0.0230 e. The van der Waals surface area contributed by atoms with E-state index < -0.39 is 0 Å². The van der Waals surface area contributed by atoms with Gasteiger partial charge in [-0.3, -0.25) is 0 Å². The number of aryl methyl sites for hydroxylation is 1. The molecule has 1 saturated heterocycles. The summed E-state index contributed by atoms with van der Waals surface area (Å²) in [4.78, 5) is 2.26. The van der Waals surface area contributed by atoms with Gasteiger partial charge in [-0.15, -0.1) is 0 Å². The molecule has 2 heteroatoms. The minimum Gasteiger partial charge on any atom is -0.317 e. The zero-order chi connectivity index (χ0) is 14.3. The molecule has 0 bridgehead atoms. The zero-order valence-corrected chi connectivity index (χ0v) is 13.3. The number of nitrogens with zero attached hydrogens (tertiary/aromatic N) is 1. The molecule has 108 valence electrons. The number of hydrogen-bond donors (Lipinski definition) is 1. The van der Waals surface area contributed by atoms with Gasteiger partial charge in [-0.25, -0.2) is 0 Å². The van der Waals surface area contributed by atoms with Gasteiger partial charge in [0.15, 0.2) is 0 Å². The minimum atomic E-state index is 0.756. The molecule has 1 aliphatic heterocycles. The molecule has 0 atom stereocenters. The van der Waals surface area contributed by atoms with Crippen molar-refractivity contribution in [2.45, 2.75) is 46.1 Å². The summed E-state index contributed by atoms with van der Waals surface area (Å²) in [6, 6.07) is 6.97. The fourth-order valence-corrected chi connectivity index (χ4v) is 2.74. The minimum absolute atomic E-state index is 0.756. The third-order valence-electron chi connectivity index (χ3n) is 3.56. The Balaban J connectivity index is 0.000000861. The molecule has 0 spiro atoms. The Hall–Kier alpha value is -0.860. The maximum atomic E-state index is 3.45. The average molecular weight is 262 g/mol. The van der Waals surface area contributed by atoms with Crippen LogP contribution in [0.5, 0.6) is 0 Å². The van der Waals surface area contributed by atoms with Crippen LogP contribution in [0.2, 0.25) is 0 Å². The highest BCUT2D eigenvalue weighted by Crippen LogP contribution is 2.29. The van der Waals surface area contributed by atoms with Gasteiger partial charge in [0.1, 0.15) is 0 Å². The van der Waals surface area contributed by atoms with E-state index in [-0.39, 0.29) is 0 Å². The predicted molar refractivity (Wildman–Crippen MR) is 84.8 cm³/mol. The summed E-state index contributed by atoms with van der Waals surface area (Å²) in [5.41, 5.74) is 4.47. The lowest BCUT2D eigenvalue weighted by atomic mass is 9.86. The summed E-state index contributed by atoms with van der Waals surface area (Å²) in [6.45, 7) is 9.58. The quantitative estimate of drug-likeness (QED) is 0.896. The predicted octanol–water partition coefficient (Wildman–Crippen LogP) is 3.55. The summed E-state index contributed by atoms with van der Waals surface area (Å²) in [6.07, 6.45) is 2.56. The molecule has 19 heavy (non-hydrogen) atoms. The Morgan fingerprint density at radius 2 is 1.79 bits per heavy atom. The van der Waals surface area contributed by atoms with Crippen molar-refractivity contribution < 1.29 is 0 Å². The largest absolute Gasteiger partial charge is 0.317 e. The van der Waals surface area contributed by atoms with Crippen LogP contribution >= 0.6 is 0 Å². The molecule has 0 amide bonds. The topological polar surface area (TPSA) is 15.3 Å². The lowest BCUT2D eigenvalue weighted by Gasteiger charge is -2.26. The number of rotatable bonds is 3. The van der Waals surface area contributed by atoms with Crippen LogP contribution in [0.4, 0.5) is 0 Å². The fraction of sp³-hybridized carbons (Fsp3) is 0.647. The first kappa shape index (κ1) is 16.2. The first-order valence-corrected chi connectivity index (χ1v) is 7.61. The van der Waals surface area contributed by atoms with E-state index in [9.17, 15) is 0 Å². The van der Waals surface area contributed by atoms with Gasteiger partial charge < -0.3 is 10.2 Å². The van der Waals surface area contributed by atoms with Crippen LogP contribution in [-0.4, -0.2) is 32.1 Å². The van der Waals surface area contributed by atoms with E-state index in [4.69, 9.17) is 0 Å². The molecule has 2 rings (SSSR count). The highest BCUT2D eigenvalue weighted by Gasteiger charge is 2.18. The molecular formula is C17H30N2. The summed E-state index contributed by atoms with van der Waals surface area (Å²) in [5, 5.41) is 3.45. The van der Waals surface area contributed by atoms with Crippen LogP contribution in [0, 0.1) is 6.92 Å². The van der Waals surface area contributed by atoms with Crippen LogP contribution in [-0.2, 0) is 6.54 Å². The van der Waals surface area contributed by atoms with Crippen molar-refractivity contribution >= 4 is 0 Å². The number of nitrogens with one attached hydrogen (secondary N) is 1. The van der Waals surface area contributed by atoms with Crippen LogP contribution in [0.25, 0.3) is 0 Å². The highest BCUT2D eigenvalue weighted by atomic mass is 15.0. The van der Waals surface area contributed by atoms with E-state index in [1.807, 2.05) is 13.8 Å². The van der Waals surface area contributed by atoms with Crippen molar-refractivity contribution in [1.82, 2.24) is 10.2 Å². The zero-order valence-electron chi connectivity index (χ0n) is 13.3. The molecular weight excluding hydrogens is 232 g/mol. The molecule has 0 unspecified atom stereocenters. The van der Waals surface area contributed by atoms with Gasteiger partial charge in [0.05, 0.1) is 0 Å². The molecule has 1 fully saturated rings. The van der Waals surface area contributed by atoms with E-state index in [2.05, 4.69) is 49.4 Å². The van der Waals surface area contributed by atoms with Crippen molar-refractivity contribution in [3.8, 4) is 0 Å². The van der Waals surface area contributed by atoms with Gasteiger partial charge in [-0.2, -0.15) is 0 Å². The molecule has 0 aliphatic carbocycles. The van der Waals surface area contributed by atoms with E-state index in [0.717, 1.165) is 12.5 Å². The van der Waals surface area contributed by atoms with Gasteiger partial charge >= 0.3 is 0 Å². The van der Waals surface area contributed by atoms with Crippen molar-refractivity contribution in [2.75, 3.05) is 27.2 Å². The Morgan fingerprint density at radius 1 is 1.16 bits per heavy atom. The molecule has 1 aromatic rings. The Morgan fingerprint density at radius 3 is 2.37 bits per heavy atom. The van der Waals surface area contributed by atoms with Crippen molar-refractivity contribution in [2.24, 2.45) is 0 Å². The first-order valence-electron chi connectivity index (χ1n) is 7.61. The third-order valence-corrected chi connectivity index (χ3v) is 3.56. The molecule has 1 aliphatic rings.